The molecule has 8 atom stereocenters. The average molecular weight is 1520 g/mol. The first-order chi connectivity index (χ1) is 42.7. The molecule has 8 unspecified atom stereocenters. The number of aliphatic hydroxyl groups is 1. The van der Waals surface area contributed by atoms with E-state index in [2.05, 4.69) is 45.3 Å². The van der Waals surface area contributed by atoms with Gasteiger partial charge in [-0.15, -0.1) is 0 Å². The molecule has 10 aliphatic rings. The Hall–Kier alpha value is -2.75. The van der Waals surface area contributed by atoms with Crippen molar-refractivity contribution in [1.82, 2.24) is 20.0 Å². The average Bonchev–Trinajstić information content (AvgIpc) is 1.65. The third kappa shape index (κ3) is 31.2. The van der Waals surface area contributed by atoms with Crippen LogP contribution >= 0.6 is 0 Å². The SMILES string of the molecule is C1CC2CNCC2CCO1.CC(C)(C)OC(=O)N1CC2CCOCCC2C1.CCOCCCC(=O)OCC.CO.O.O=C1C2CCOCCC2C(=O)N1Cc1ccccc1.O=C1OC(=O)C2=C1CCOCC2.[AlH3].[CH3-].[H+].[H-].[Li+].[Pd].[Pd].c1ccc(CN2CC3CCOCCC3C2)cc1. The van der Waals surface area contributed by atoms with E-state index in [9.17, 15) is 28.8 Å². The molecule has 8 fully saturated rings. The summed E-state index contributed by atoms with van der Waals surface area (Å²) in [5, 5.41) is 10.4. The Kier molecular flexibility index (Phi) is 49.1. The van der Waals surface area contributed by atoms with Gasteiger partial charge in [-0.3, -0.25) is 24.2 Å². The first-order valence-corrected chi connectivity index (χ1v) is 32.6. The summed E-state index contributed by atoms with van der Waals surface area (Å²) in [5.41, 5.74) is 3.07. The molecular formula is C69H114AlLiN4O17Pd2. The van der Waals surface area contributed by atoms with E-state index in [0.717, 1.165) is 115 Å². The van der Waals surface area contributed by atoms with Crippen molar-refractivity contribution in [3.8, 4) is 0 Å². The third-order valence-corrected chi connectivity index (χ3v) is 17.6. The molecule has 0 aliphatic carbocycles. The Morgan fingerprint density at radius 1 is 0.596 bits per heavy atom. The van der Waals surface area contributed by atoms with Gasteiger partial charge in [-0.2, -0.15) is 0 Å². The molecule has 4 N–H and O–H groups in total. The molecule has 536 valence electrons. The van der Waals surface area contributed by atoms with E-state index >= 15 is 0 Å². The van der Waals surface area contributed by atoms with E-state index in [1.165, 1.54) is 62.3 Å². The fourth-order valence-electron chi connectivity index (χ4n) is 13.0. The van der Waals surface area contributed by atoms with Crippen molar-refractivity contribution in [2.45, 2.75) is 130 Å². The molecular weight excluding hydrogens is 1400 g/mol. The van der Waals surface area contributed by atoms with Gasteiger partial charge in [0, 0.05) is 166 Å². The first-order valence-electron chi connectivity index (χ1n) is 32.6. The van der Waals surface area contributed by atoms with Crippen LogP contribution in [0.2, 0.25) is 0 Å². The number of benzene rings is 2. The summed E-state index contributed by atoms with van der Waals surface area (Å²) in [4.78, 5) is 75.3. The number of esters is 3. The van der Waals surface area contributed by atoms with Gasteiger partial charge in [0.15, 0.2) is 17.4 Å². The van der Waals surface area contributed by atoms with Crippen LogP contribution in [0.15, 0.2) is 71.8 Å². The van der Waals surface area contributed by atoms with Gasteiger partial charge in [0.2, 0.25) is 11.8 Å². The summed E-state index contributed by atoms with van der Waals surface area (Å²) >= 11 is 0. The molecule has 94 heavy (non-hydrogen) atoms. The third-order valence-electron chi connectivity index (χ3n) is 17.6. The molecule has 0 aromatic heterocycles. The van der Waals surface area contributed by atoms with Gasteiger partial charge < -0.3 is 72.3 Å². The molecule has 10 heterocycles. The summed E-state index contributed by atoms with van der Waals surface area (Å²) < 4.78 is 46.6. The van der Waals surface area contributed by atoms with E-state index in [1.54, 1.807) is 6.92 Å². The maximum atomic E-state index is 12.4. The van der Waals surface area contributed by atoms with Gasteiger partial charge in [0.1, 0.15) is 5.60 Å². The minimum atomic E-state index is -0.486. The zero-order chi connectivity index (χ0) is 63.1. The molecule has 0 spiro atoms. The van der Waals surface area contributed by atoms with E-state index < -0.39 is 17.5 Å². The summed E-state index contributed by atoms with van der Waals surface area (Å²) in [5.74, 6) is 3.31. The van der Waals surface area contributed by atoms with Crippen molar-refractivity contribution in [1.29, 1.82) is 0 Å². The predicted molar refractivity (Wildman–Crippen MR) is 353 cm³/mol. The molecule has 0 bridgehead atoms. The van der Waals surface area contributed by atoms with E-state index in [0.29, 0.717) is 108 Å². The monoisotopic (exact) mass is 1520 g/mol. The molecule has 21 nitrogen and oxygen atoms in total. The predicted octanol–water partition coefficient (Wildman–Crippen LogP) is 3.87. The number of hydrogen-bond acceptors (Lipinski definition) is 18. The van der Waals surface area contributed by atoms with Crippen LogP contribution in [-0.2, 0) is 121 Å². The Balaban J connectivity index is -0.00000107. The number of ether oxygens (including phenoxy) is 9. The molecule has 0 saturated carbocycles. The van der Waals surface area contributed by atoms with Crippen LogP contribution in [0.25, 0.3) is 0 Å². The fraction of sp³-hybridized carbons (Fsp3) is 0.696. The van der Waals surface area contributed by atoms with Gasteiger partial charge in [-0.25, -0.2) is 14.4 Å². The topological polar surface area (TPSA) is 259 Å². The number of imide groups is 1. The van der Waals surface area contributed by atoms with E-state index in [1.807, 2.05) is 62.9 Å². The zero-order valence-corrected chi connectivity index (χ0v) is 59.9. The first kappa shape index (κ1) is 91.3. The van der Waals surface area contributed by atoms with Gasteiger partial charge in [-0.05, 0) is 152 Å². The largest absolute Gasteiger partial charge is 1.00 e. The number of hydrogen-bond donors (Lipinski definition) is 2. The van der Waals surface area contributed by atoms with Crippen molar-refractivity contribution in [2.75, 3.05) is 132 Å². The van der Waals surface area contributed by atoms with E-state index in [-0.39, 0.29) is 129 Å². The number of nitrogens with one attached hydrogen (secondary N) is 1. The maximum absolute atomic E-state index is 12.4. The zero-order valence-electron chi connectivity index (χ0n) is 58.8. The van der Waals surface area contributed by atoms with E-state index in [4.69, 9.17) is 43.0 Å². The summed E-state index contributed by atoms with van der Waals surface area (Å²) in [6.45, 7) is 27.2. The number of nitrogens with zero attached hydrogens (tertiary/aromatic N) is 3. The van der Waals surface area contributed by atoms with Crippen LogP contribution in [0.4, 0.5) is 4.79 Å². The minimum Gasteiger partial charge on any atom is -1.00 e. The van der Waals surface area contributed by atoms with Crippen molar-refractivity contribution >= 4 is 53.2 Å². The summed E-state index contributed by atoms with van der Waals surface area (Å²) in [6.07, 6.45) is 10.6. The van der Waals surface area contributed by atoms with Crippen molar-refractivity contribution in [3.63, 3.8) is 0 Å². The fourth-order valence-corrected chi connectivity index (χ4v) is 13.0. The normalized spacial score (nSPS) is 24.8. The van der Waals surface area contributed by atoms with Gasteiger partial charge in [-0.1, -0.05) is 60.7 Å². The van der Waals surface area contributed by atoms with Crippen LogP contribution < -0.4 is 24.2 Å². The number of fused-ring (bicyclic) bond motifs is 4. The maximum Gasteiger partial charge on any atom is 1.00 e. The number of rotatable bonds is 10. The second kappa shape index (κ2) is 50.6. The molecule has 2 aromatic rings. The Morgan fingerprint density at radius 2 is 0.989 bits per heavy atom. The van der Waals surface area contributed by atoms with Crippen molar-refractivity contribution in [2.24, 2.45) is 47.3 Å². The Bertz CT molecular complexity index is 2400. The van der Waals surface area contributed by atoms with Gasteiger partial charge >= 0.3 is 44.3 Å². The smallest absolute Gasteiger partial charge is 1.00 e. The number of aliphatic hydroxyl groups excluding tert-OH is 1. The Labute approximate surface area is 613 Å². The number of amides is 3. The second-order valence-corrected chi connectivity index (χ2v) is 24.9. The van der Waals surface area contributed by atoms with Crippen LogP contribution in [0.3, 0.4) is 0 Å². The number of likely N-dealkylation sites (tertiary alicyclic amines) is 3. The van der Waals surface area contributed by atoms with Crippen LogP contribution in [-0.4, -0.2) is 216 Å². The molecule has 3 amide bonds. The van der Waals surface area contributed by atoms with Gasteiger partial charge in [0.25, 0.3) is 0 Å². The van der Waals surface area contributed by atoms with Crippen LogP contribution in [0.5, 0.6) is 0 Å². The number of carbonyl (C=O) groups is 6. The Morgan fingerprint density at radius 3 is 1.40 bits per heavy atom. The number of cyclic esters (lactones) is 2. The molecule has 12 rings (SSSR count). The molecule has 10 aliphatic heterocycles. The van der Waals surface area contributed by atoms with Crippen molar-refractivity contribution < 1.29 is 145 Å². The standard InChI is InChI=1S/C15H17NO3.C15H21NO.C13H23NO3.C8H15NO.C8H8O4.C8H16O3.CH4O.CH3.Al.Li.H2O.2Pd.4H/c17-14-12-6-8-19-9-7-13(12)15(18)16(14)10-11-4-2-1-3-5-11;1-2-4-13(5-3-1)10-16-11-14-6-8-17-9-7-15(14)12-16;1-13(2,3)17-12(15)14-8-10-4-6-16-7-5-11(10)9-14;1-3-10-4-2-8-6-9-5-7(1)8;9-7-5-1-3-11-4-2-6(5)8(10)12-7;1-3-10-7-5-6-8(9)11-4-2;1-2;;;;;;;;;;/h1-5,12-13H,6-10H2;1-5,14-15H,6-12H2;10-11H,4-9H2,1-3H3;7-9H,1-6H2;1-4H2;3-7H2,1-2H3;2H,1H3;1H3;;;1H2;;;;;;/q;;;;;;;-1;;+1;;;;;;;-1/p+1. The van der Waals surface area contributed by atoms with Crippen LogP contribution in [0, 0.1) is 54.8 Å². The van der Waals surface area contributed by atoms with Crippen LogP contribution in [0.1, 0.15) is 126 Å². The second-order valence-electron chi connectivity index (χ2n) is 24.9. The minimum absolute atomic E-state index is 0. The molecule has 2 aromatic carbocycles. The summed E-state index contributed by atoms with van der Waals surface area (Å²) in [6, 6.07) is 20.5. The quantitative estimate of drug-likeness (QED) is 0.0651. The number of carbonyl (C=O) groups excluding carboxylic acids is 6. The molecule has 0 radical (unpaired) electrons. The molecule has 25 heteroatoms. The summed E-state index contributed by atoms with van der Waals surface area (Å²) in [7, 11) is 1.00. The van der Waals surface area contributed by atoms with Gasteiger partial charge in [0.05, 0.1) is 49.3 Å². The molecule has 8 saturated heterocycles. The van der Waals surface area contributed by atoms with Crippen molar-refractivity contribution in [3.05, 3.63) is 90.4 Å².